The number of aryl methyl sites for hydroxylation is 1. The lowest BCUT2D eigenvalue weighted by molar-refractivity contribution is -0.0504. The summed E-state index contributed by atoms with van der Waals surface area (Å²) in [4.78, 5) is 15.6. The minimum Gasteiger partial charge on any atom is -0.444 e. The average molecular weight is 386 g/mol. The predicted octanol–water partition coefficient (Wildman–Crippen LogP) is 2.79. The number of halogens is 2. The van der Waals surface area contributed by atoms with Gasteiger partial charge in [-0.3, -0.25) is 4.99 Å². The Balaban J connectivity index is 2.47. The lowest BCUT2D eigenvalue weighted by Crippen LogP contribution is -2.42. The maximum absolute atomic E-state index is 12.5. The number of ether oxygens (including phenoxy) is 2. The Morgan fingerprint density at radius 1 is 1.19 bits per heavy atom. The van der Waals surface area contributed by atoms with Gasteiger partial charge in [0.1, 0.15) is 11.4 Å². The first-order chi connectivity index (χ1) is 12.6. The van der Waals surface area contributed by atoms with Crippen LogP contribution >= 0.6 is 0 Å². The maximum Gasteiger partial charge on any atom is 0.407 e. The zero-order valence-corrected chi connectivity index (χ0v) is 16.4. The van der Waals surface area contributed by atoms with Crippen molar-refractivity contribution in [2.75, 3.05) is 20.1 Å². The fourth-order valence-electron chi connectivity index (χ4n) is 2.12. The van der Waals surface area contributed by atoms with E-state index in [1.165, 1.54) is 6.07 Å². The fraction of sp³-hybridized carbons (Fsp3) is 0.556. The molecule has 0 heterocycles. The van der Waals surface area contributed by atoms with Gasteiger partial charge in [0.05, 0.1) is 0 Å². The molecule has 0 aliphatic heterocycles. The molecule has 9 heteroatoms. The topological polar surface area (TPSA) is 84.0 Å². The number of rotatable bonds is 7. The van der Waals surface area contributed by atoms with Crippen LogP contribution in [0.2, 0.25) is 0 Å². The van der Waals surface area contributed by atoms with Crippen molar-refractivity contribution in [3.63, 3.8) is 0 Å². The first-order valence-corrected chi connectivity index (χ1v) is 8.56. The molecule has 0 radical (unpaired) electrons. The van der Waals surface area contributed by atoms with Gasteiger partial charge in [-0.05, 0) is 33.8 Å². The molecule has 0 saturated heterocycles. The van der Waals surface area contributed by atoms with Gasteiger partial charge >= 0.3 is 12.7 Å². The Bertz CT molecular complexity index is 646. The lowest BCUT2D eigenvalue weighted by Gasteiger charge is -2.20. The van der Waals surface area contributed by atoms with E-state index in [9.17, 15) is 13.6 Å². The monoisotopic (exact) mass is 386 g/mol. The summed E-state index contributed by atoms with van der Waals surface area (Å²) in [7, 11) is 1.59. The lowest BCUT2D eigenvalue weighted by atomic mass is 10.1. The molecule has 0 unspecified atom stereocenters. The largest absolute Gasteiger partial charge is 0.444 e. The summed E-state index contributed by atoms with van der Waals surface area (Å²) in [5.74, 6) is 0.579. The van der Waals surface area contributed by atoms with Crippen molar-refractivity contribution in [2.24, 2.45) is 4.99 Å². The number of hydrogen-bond acceptors (Lipinski definition) is 4. The fourth-order valence-corrected chi connectivity index (χ4v) is 2.12. The number of hydrogen-bond donors (Lipinski definition) is 3. The van der Waals surface area contributed by atoms with E-state index in [-0.39, 0.29) is 12.3 Å². The van der Waals surface area contributed by atoms with E-state index in [0.717, 1.165) is 5.56 Å². The van der Waals surface area contributed by atoms with E-state index in [4.69, 9.17) is 4.74 Å². The zero-order chi connectivity index (χ0) is 20.4. The third-order valence-electron chi connectivity index (χ3n) is 3.19. The smallest absolute Gasteiger partial charge is 0.407 e. The Kier molecular flexibility index (Phi) is 8.77. The van der Waals surface area contributed by atoms with Crippen LogP contribution in [0.5, 0.6) is 5.75 Å². The molecular weight excluding hydrogens is 358 g/mol. The van der Waals surface area contributed by atoms with Crippen molar-refractivity contribution in [1.29, 1.82) is 0 Å². The van der Waals surface area contributed by atoms with Gasteiger partial charge in [-0.15, -0.1) is 0 Å². The first kappa shape index (κ1) is 22.5. The van der Waals surface area contributed by atoms with Crippen LogP contribution in [0.25, 0.3) is 0 Å². The number of benzene rings is 1. The van der Waals surface area contributed by atoms with Crippen molar-refractivity contribution in [3.8, 4) is 5.75 Å². The van der Waals surface area contributed by atoms with Crippen LogP contribution < -0.4 is 20.7 Å². The van der Waals surface area contributed by atoms with Crippen molar-refractivity contribution < 1.29 is 23.0 Å². The van der Waals surface area contributed by atoms with E-state index in [1.807, 2.05) is 6.92 Å². The second kappa shape index (κ2) is 10.5. The van der Waals surface area contributed by atoms with E-state index in [0.29, 0.717) is 24.6 Å². The summed E-state index contributed by atoms with van der Waals surface area (Å²) in [5, 5.41) is 8.66. The molecular formula is C18H28F2N4O3. The van der Waals surface area contributed by atoms with Crippen LogP contribution in [0.15, 0.2) is 23.2 Å². The van der Waals surface area contributed by atoms with Gasteiger partial charge in [0.15, 0.2) is 5.96 Å². The number of aliphatic imine (C=N–C) groups is 1. The molecule has 1 aromatic rings. The van der Waals surface area contributed by atoms with E-state index in [2.05, 4.69) is 25.7 Å². The minimum atomic E-state index is -2.89. The molecule has 0 aromatic heterocycles. The van der Waals surface area contributed by atoms with Gasteiger partial charge in [0.2, 0.25) is 0 Å². The van der Waals surface area contributed by atoms with Gasteiger partial charge < -0.3 is 25.4 Å². The molecule has 1 amide bonds. The highest BCUT2D eigenvalue weighted by atomic mass is 19.3. The minimum absolute atomic E-state index is 0.116. The summed E-state index contributed by atoms with van der Waals surface area (Å²) in [5.41, 5.74) is 0.962. The van der Waals surface area contributed by atoms with Gasteiger partial charge in [-0.2, -0.15) is 8.78 Å². The molecule has 0 spiro atoms. The van der Waals surface area contributed by atoms with Gasteiger partial charge in [-0.1, -0.05) is 17.7 Å². The van der Waals surface area contributed by atoms with Gasteiger partial charge in [0, 0.05) is 32.2 Å². The van der Waals surface area contributed by atoms with E-state index in [1.54, 1.807) is 40.0 Å². The van der Waals surface area contributed by atoms with Crippen molar-refractivity contribution >= 4 is 12.1 Å². The van der Waals surface area contributed by atoms with Crippen LogP contribution in [0.1, 0.15) is 31.9 Å². The highest BCUT2D eigenvalue weighted by molar-refractivity contribution is 5.79. The third-order valence-corrected chi connectivity index (χ3v) is 3.19. The number of nitrogens with zero attached hydrogens (tertiary/aromatic N) is 1. The Hall–Kier alpha value is -2.58. The zero-order valence-electron chi connectivity index (χ0n) is 16.4. The predicted molar refractivity (Wildman–Crippen MR) is 100 cm³/mol. The van der Waals surface area contributed by atoms with Crippen LogP contribution in [0, 0.1) is 6.92 Å². The standard InChI is InChI=1S/C18H28F2N4O3/c1-12-6-7-14(26-15(19)20)13(10-12)11-24-16(21-5)22-8-9-23-17(25)27-18(2,3)4/h6-7,10,15H,8-9,11H2,1-5H3,(H,23,25)(H2,21,22,24). The Morgan fingerprint density at radius 3 is 2.44 bits per heavy atom. The second-order valence-corrected chi connectivity index (χ2v) is 6.77. The molecule has 1 aromatic carbocycles. The number of alkyl halides is 2. The summed E-state index contributed by atoms with van der Waals surface area (Å²) in [6.07, 6.45) is -0.499. The molecule has 0 bridgehead atoms. The summed E-state index contributed by atoms with van der Waals surface area (Å²) >= 11 is 0. The number of guanidine groups is 1. The summed E-state index contributed by atoms with van der Waals surface area (Å²) in [6.45, 7) is 5.33. The third kappa shape index (κ3) is 9.62. The highest BCUT2D eigenvalue weighted by Gasteiger charge is 2.15. The number of carbonyl (C=O) groups excluding carboxylic acids is 1. The van der Waals surface area contributed by atoms with Crippen molar-refractivity contribution in [2.45, 2.75) is 46.5 Å². The van der Waals surface area contributed by atoms with E-state index < -0.39 is 18.3 Å². The summed E-state index contributed by atoms with van der Waals surface area (Å²) in [6, 6.07) is 4.98. The van der Waals surface area contributed by atoms with Gasteiger partial charge in [-0.25, -0.2) is 4.79 Å². The molecule has 0 aliphatic rings. The molecule has 27 heavy (non-hydrogen) atoms. The normalized spacial score (nSPS) is 11.9. The quantitative estimate of drug-likeness (QED) is 0.381. The molecule has 0 saturated carbocycles. The number of carbonyl (C=O) groups is 1. The molecule has 152 valence electrons. The molecule has 0 atom stereocenters. The number of nitrogens with one attached hydrogen (secondary N) is 3. The first-order valence-electron chi connectivity index (χ1n) is 8.56. The molecule has 0 aliphatic carbocycles. The molecule has 1 rings (SSSR count). The van der Waals surface area contributed by atoms with Gasteiger partial charge in [0.25, 0.3) is 0 Å². The van der Waals surface area contributed by atoms with Crippen molar-refractivity contribution in [1.82, 2.24) is 16.0 Å². The molecule has 7 nitrogen and oxygen atoms in total. The van der Waals surface area contributed by atoms with Crippen LogP contribution in [0.4, 0.5) is 13.6 Å². The Labute approximate surface area is 158 Å². The van der Waals surface area contributed by atoms with Crippen LogP contribution in [0.3, 0.4) is 0 Å². The summed E-state index contributed by atoms with van der Waals surface area (Å²) < 4.78 is 34.7. The molecule has 3 N–H and O–H groups in total. The maximum atomic E-state index is 12.5. The Morgan fingerprint density at radius 2 is 1.85 bits per heavy atom. The van der Waals surface area contributed by atoms with E-state index >= 15 is 0 Å². The van der Waals surface area contributed by atoms with Crippen molar-refractivity contribution in [3.05, 3.63) is 29.3 Å². The van der Waals surface area contributed by atoms with Crippen LogP contribution in [-0.4, -0.2) is 44.4 Å². The highest BCUT2D eigenvalue weighted by Crippen LogP contribution is 2.21. The second-order valence-electron chi connectivity index (χ2n) is 6.77. The van der Waals surface area contributed by atoms with Crippen LogP contribution in [-0.2, 0) is 11.3 Å². The average Bonchev–Trinajstić information content (AvgIpc) is 2.54. The SMILES string of the molecule is CN=C(NCCNC(=O)OC(C)(C)C)NCc1cc(C)ccc1OC(F)F. The number of alkyl carbamates (subject to hydrolysis) is 1. The number of amides is 1. The molecule has 0 fully saturated rings.